The average Bonchev–Trinajstić information content (AvgIpc) is 3.50. The second-order valence-electron chi connectivity index (χ2n) is 26.7. The van der Waals surface area contributed by atoms with E-state index < -0.39 is 12.1 Å². The molecule has 3 N–H and O–H groups in total. The van der Waals surface area contributed by atoms with Crippen LogP contribution in [0.3, 0.4) is 0 Å². The van der Waals surface area contributed by atoms with Crippen LogP contribution >= 0.6 is 0 Å². The monoisotopic (exact) mass is 1170 g/mol. The maximum atomic E-state index is 12.5. The summed E-state index contributed by atoms with van der Waals surface area (Å²) in [6, 6.07) is -0.536. The lowest BCUT2D eigenvalue weighted by atomic mass is 10.0. The summed E-state index contributed by atoms with van der Waals surface area (Å²) < 4.78 is 5.47. The van der Waals surface area contributed by atoms with E-state index in [4.69, 9.17) is 4.74 Å². The first-order chi connectivity index (χ1) is 41.0. The van der Waals surface area contributed by atoms with Gasteiger partial charge in [-0.25, -0.2) is 0 Å². The maximum absolute atomic E-state index is 12.5. The number of unbranched alkanes of at least 4 members (excludes halogenated alkanes) is 60. The van der Waals surface area contributed by atoms with Gasteiger partial charge < -0.3 is 20.3 Å². The van der Waals surface area contributed by atoms with E-state index in [1.807, 2.05) is 0 Å². The number of hydrogen-bond donors (Lipinski definition) is 3. The SMILES string of the molecule is CCCC/C=C\CCCCCCCC(=O)OCCCCCCCCCCCCCCCCCCCCCCCCCCCCCCCCCCCCCCCCCC(=O)NC(CO)C(O)CCCCCCCCCCCCCCCCCC. The van der Waals surface area contributed by atoms with Crippen LogP contribution in [0, 0.1) is 0 Å². The van der Waals surface area contributed by atoms with Gasteiger partial charge in [-0.2, -0.15) is 0 Å². The van der Waals surface area contributed by atoms with Gasteiger partial charge in [-0.3, -0.25) is 9.59 Å². The highest BCUT2D eigenvalue weighted by Gasteiger charge is 2.20. The third kappa shape index (κ3) is 69.6. The normalized spacial score (nSPS) is 12.5. The summed E-state index contributed by atoms with van der Waals surface area (Å²) in [4.78, 5) is 24.5. The Kier molecular flexibility index (Phi) is 71.8. The Labute approximate surface area is 520 Å². The Morgan fingerprint density at radius 1 is 0.325 bits per heavy atom. The Morgan fingerprint density at radius 3 is 0.892 bits per heavy atom. The number of ether oxygens (including phenoxy) is 1. The van der Waals surface area contributed by atoms with E-state index in [1.165, 1.54) is 366 Å². The number of rotatable bonds is 73. The van der Waals surface area contributed by atoms with Crippen LogP contribution in [-0.2, 0) is 14.3 Å². The molecule has 0 aliphatic rings. The molecule has 6 heteroatoms. The van der Waals surface area contributed by atoms with Crippen LogP contribution in [0.5, 0.6) is 0 Å². The van der Waals surface area contributed by atoms with Crippen LogP contribution in [0.25, 0.3) is 0 Å². The fourth-order valence-corrected chi connectivity index (χ4v) is 12.5. The number of carbonyl (C=O) groups excluding carboxylic acids is 2. The molecule has 0 radical (unpaired) electrons. The summed E-state index contributed by atoms with van der Waals surface area (Å²) in [5.41, 5.74) is 0. The lowest BCUT2D eigenvalue weighted by molar-refractivity contribution is -0.143. The Morgan fingerprint density at radius 2 is 0.578 bits per heavy atom. The van der Waals surface area contributed by atoms with E-state index in [-0.39, 0.29) is 18.5 Å². The Hall–Kier alpha value is -1.40. The van der Waals surface area contributed by atoms with Crippen LogP contribution in [-0.4, -0.2) is 47.4 Å². The van der Waals surface area contributed by atoms with E-state index in [9.17, 15) is 19.8 Å². The summed E-state index contributed by atoms with van der Waals surface area (Å²) in [5, 5.41) is 23.4. The molecule has 0 saturated heterocycles. The largest absolute Gasteiger partial charge is 0.466 e. The first kappa shape index (κ1) is 81.6. The van der Waals surface area contributed by atoms with Crippen molar-refractivity contribution >= 4 is 11.9 Å². The van der Waals surface area contributed by atoms with Crippen molar-refractivity contribution in [3.63, 3.8) is 0 Å². The molecule has 0 aromatic heterocycles. The molecular weight excluding hydrogens is 1020 g/mol. The molecule has 2 atom stereocenters. The minimum atomic E-state index is -0.659. The third-order valence-electron chi connectivity index (χ3n) is 18.3. The van der Waals surface area contributed by atoms with Crippen molar-refractivity contribution in [3.8, 4) is 0 Å². The highest BCUT2D eigenvalue weighted by molar-refractivity contribution is 5.76. The molecule has 6 nitrogen and oxygen atoms in total. The fraction of sp³-hybridized carbons (Fsp3) is 0.948. The molecule has 0 aliphatic heterocycles. The number of allylic oxidation sites excluding steroid dienone is 2. The molecule has 0 fully saturated rings. The van der Waals surface area contributed by atoms with Gasteiger partial charge in [0.2, 0.25) is 5.91 Å². The minimum Gasteiger partial charge on any atom is -0.466 e. The number of hydrogen-bond acceptors (Lipinski definition) is 5. The fourth-order valence-electron chi connectivity index (χ4n) is 12.5. The number of aliphatic hydroxyl groups excluding tert-OH is 2. The molecule has 0 aromatic rings. The number of aliphatic hydroxyl groups is 2. The third-order valence-corrected chi connectivity index (χ3v) is 18.3. The van der Waals surface area contributed by atoms with Gasteiger partial charge in [-0.1, -0.05) is 398 Å². The quantitative estimate of drug-likeness (QED) is 0.0320. The lowest BCUT2D eigenvalue weighted by Crippen LogP contribution is -2.45. The molecule has 0 aliphatic carbocycles. The van der Waals surface area contributed by atoms with Gasteiger partial charge >= 0.3 is 5.97 Å². The molecule has 0 aromatic carbocycles. The van der Waals surface area contributed by atoms with Gasteiger partial charge in [0.05, 0.1) is 25.4 Å². The van der Waals surface area contributed by atoms with Crippen LogP contribution in [0.15, 0.2) is 12.2 Å². The summed E-state index contributed by atoms with van der Waals surface area (Å²) in [6.45, 7) is 4.96. The molecule has 0 rings (SSSR count). The molecular formula is C77H151NO5. The van der Waals surface area contributed by atoms with Gasteiger partial charge in [-0.05, 0) is 44.9 Å². The van der Waals surface area contributed by atoms with Gasteiger partial charge in [-0.15, -0.1) is 0 Å². The van der Waals surface area contributed by atoms with E-state index in [0.717, 1.165) is 44.9 Å². The summed E-state index contributed by atoms with van der Waals surface area (Å²) >= 11 is 0. The zero-order valence-electron chi connectivity index (χ0n) is 56.7. The Bertz CT molecular complexity index is 1260. The number of esters is 1. The standard InChI is InChI=1S/C77H151NO5/c1-3-5-7-9-11-13-15-16-17-43-46-50-53-57-61-65-69-75(80)74(73-79)78-76(81)70-66-62-58-54-51-47-44-41-39-37-35-33-31-29-27-25-23-21-19-18-20-22-24-26-28-30-32-34-36-38-40-42-45-48-52-56-60-64-68-72-83-77(82)71-67-63-59-55-49-14-12-10-8-6-4-2/h10,12,74-75,79-80H,3-9,11,13-73H2,1-2H3,(H,78,81)/b12-10-. The van der Waals surface area contributed by atoms with E-state index in [0.29, 0.717) is 25.9 Å². The van der Waals surface area contributed by atoms with Crippen molar-refractivity contribution in [2.45, 2.75) is 456 Å². The second kappa shape index (κ2) is 73.1. The first-order valence-corrected chi connectivity index (χ1v) is 38.4. The summed E-state index contributed by atoms with van der Waals surface area (Å²) in [5.74, 6) is -0.0110. The van der Waals surface area contributed by atoms with Crippen molar-refractivity contribution in [3.05, 3.63) is 12.2 Å². The minimum absolute atomic E-state index is 0.0137. The molecule has 1 amide bonds. The average molecular weight is 1170 g/mol. The molecule has 0 heterocycles. The number of carbonyl (C=O) groups is 2. The van der Waals surface area contributed by atoms with Gasteiger partial charge in [0, 0.05) is 12.8 Å². The lowest BCUT2D eigenvalue weighted by Gasteiger charge is -2.22. The first-order valence-electron chi connectivity index (χ1n) is 38.4. The molecule has 2 unspecified atom stereocenters. The number of amides is 1. The molecule has 0 spiro atoms. The van der Waals surface area contributed by atoms with Gasteiger partial charge in [0.15, 0.2) is 0 Å². The smallest absolute Gasteiger partial charge is 0.305 e. The zero-order chi connectivity index (χ0) is 59.9. The van der Waals surface area contributed by atoms with Gasteiger partial charge in [0.1, 0.15) is 0 Å². The van der Waals surface area contributed by atoms with Crippen LogP contribution in [0.1, 0.15) is 444 Å². The maximum Gasteiger partial charge on any atom is 0.305 e. The number of nitrogens with one attached hydrogen (secondary N) is 1. The molecule has 0 saturated carbocycles. The predicted molar refractivity (Wildman–Crippen MR) is 366 cm³/mol. The van der Waals surface area contributed by atoms with Crippen LogP contribution < -0.4 is 5.32 Å². The van der Waals surface area contributed by atoms with Crippen molar-refractivity contribution in [2.24, 2.45) is 0 Å². The zero-order valence-corrected chi connectivity index (χ0v) is 56.7. The van der Waals surface area contributed by atoms with E-state index in [2.05, 4.69) is 31.3 Å². The highest BCUT2D eigenvalue weighted by atomic mass is 16.5. The molecule has 0 bridgehead atoms. The van der Waals surface area contributed by atoms with Crippen LogP contribution in [0.4, 0.5) is 0 Å². The van der Waals surface area contributed by atoms with Crippen molar-refractivity contribution < 1.29 is 24.5 Å². The van der Waals surface area contributed by atoms with Gasteiger partial charge in [0.25, 0.3) is 0 Å². The topological polar surface area (TPSA) is 95.9 Å². The summed E-state index contributed by atoms with van der Waals surface area (Å²) in [6.07, 6.45) is 91.7. The van der Waals surface area contributed by atoms with E-state index in [1.54, 1.807) is 0 Å². The molecule has 83 heavy (non-hydrogen) atoms. The Balaban J connectivity index is 3.28. The molecule has 494 valence electrons. The van der Waals surface area contributed by atoms with E-state index >= 15 is 0 Å². The van der Waals surface area contributed by atoms with Crippen molar-refractivity contribution in [1.29, 1.82) is 0 Å². The van der Waals surface area contributed by atoms with Crippen molar-refractivity contribution in [2.75, 3.05) is 13.2 Å². The van der Waals surface area contributed by atoms with Crippen molar-refractivity contribution in [1.82, 2.24) is 5.32 Å². The highest BCUT2D eigenvalue weighted by Crippen LogP contribution is 2.20. The van der Waals surface area contributed by atoms with Crippen LogP contribution in [0.2, 0.25) is 0 Å². The predicted octanol–water partition coefficient (Wildman–Crippen LogP) is 25.1. The summed E-state index contributed by atoms with van der Waals surface area (Å²) in [7, 11) is 0. The second-order valence-corrected chi connectivity index (χ2v) is 26.7.